The second-order valence-corrected chi connectivity index (χ2v) is 6.42. The third kappa shape index (κ3) is 2.41. The molecule has 0 bridgehead atoms. The molecular weight excluding hydrogens is 240 g/mol. The number of benzene rings is 1. The third-order valence-electron chi connectivity index (χ3n) is 3.54. The van der Waals surface area contributed by atoms with Gasteiger partial charge in [0.15, 0.2) is 0 Å². The van der Waals surface area contributed by atoms with Gasteiger partial charge in [-0.2, -0.15) is 0 Å². The molecule has 18 heavy (non-hydrogen) atoms. The summed E-state index contributed by atoms with van der Waals surface area (Å²) in [6.45, 7) is 2.33. The lowest BCUT2D eigenvalue weighted by Gasteiger charge is -2.15. The van der Waals surface area contributed by atoms with Crippen LogP contribution in [0, 0.1) is 5.92 Å². The van der Waals surface area contributed by atoms with Gasteiger partial charge in [-0.3, -0.25) is 0 Å². The Morgan fingerprint density at radius 3 is 3.17 bits per heavy atom. The van der Waals surface area contributed by atoms with E-state index in [4.69, 9.17) is 10.7 Å². The number of thiazole rings is 1. The number of fused-ring (bicyclic) bond motifs is 1. The van der Waals surface area contributed by atoms with Crippen molar-refractivity contribution in [3.63, 3.8) is 0 Å². The Kier molecular flexibility index (Phi) is 3.08. The van der Waals surface area contributed by atoms with Crippen molar-refractivity contribution in [2.75, 3.05) is 5.73 Å². The number of nitrogens with zero attached hydrogens (tertiary/aromatic N) is 1. The first kappa shape index (κ1) is 11.7. The summed E-state index contributed by atoms with van der Waals surface area (Å²) in [5.41, 5.74) is 9.25. The summed E-state index contributed by atoms with van der Waals surface area (Å²) in [4.78, 5) is 6.29. The van der Waals surface area contributed by atoms with Gasteiger partial charge in [0.2, 0.25) is 0 Å². The van der Waals surface area contributed by atoms with Gasteiger partial charge in [0, 0.05) is 17.0 Å². The second-order valence-electron chi connectivity index (χ2n) is 5.25. The molecule has 1 atom stereocenters. The molecule has 94 valence electrons. The Labute approximate surface area is 112 Å². The van der Waals surface area contributed by atoms with Crippen LogP contribution >= 0.6 is 11.3 Å². The second kappa shape index (κ2) is 4.73. The van der Waals surface area contributed by atoms with Gasteiger partial charge in [-0.15, -0.1) is 11.3 Å². The highest BCUT2D eigenvalue weighted by molar-refractivity contribution is 7.11. The average Bonchev–Trinajstić information content (AvgIpc) is 2.70. The Morgan fingerprint density at radius 1 is 1.44 bits per heavy atom. The molecule has 1 aromatic heterocycles. The van der Waals surface area contributed by atoms with Crippen molar-refractivity contribution in [3.8, 4) is 0 Å². The summed E-state index contributed by atoms with van der Waals surface area (Å²) in [5, 5.41) is 1.24. The lowest BCUT2D eigenvalue weighted by molar-refractivity contribution is 0.501. The average molecular weight is 258 g/mol. The van der Waals surface area contributed by atoms with Gasteiger partial charge in [-0.1, -0.05) is 19.1 Å². The maximum absolute atomic E-state index is 5.81. The number of hydrogen-bond acceptors (Lipinski definition) is 3. The number of anilines is 1. The van der Waals surface area contributed by atoms with E-state index in [-0.39, 0.29) is 0 Å². The van der Waals surface area contributed by atoms with E-state index in [1.807, 2.05) is 29.5 Å². The lowest BCUT2D eigenvalue weighted by Crippen LogP contribution is -2.09. The van der Waals surface area contributed by atoms with Gasteiger partial charge in [-0.05, 0) is 42.9 Å². The zero-order valence-corrected chi connectivity index (χ0v) is 11.5. The van der Waals surface area contributed by atoms with E-state index < -0.39 is 0 Å². The van der Waals surface area contributed by atoms with Gasteiger partial charge in [0.05, 0.1) is 10.7 Å². The normalized spacial score (nSPS) is 18.6. The molecule has 1 aliphatic carbocycles. The molecule has 1 heterocycles. The molecule has 0 spiro atoms. The van der Waals surface area contributed by atoms with Crippen molar-refractivity contribution in [3.05, 3.63) is 45.4 Å². The van der Waals surface area contributed by atoms with Crippen LogP contribution in [-0.2, 0) is 19.3 Å². The molecule has 2 N–H and O–H groups in total. The van der Waals surface area contributed by atoms with Crippen molar-refractivity contribution in [1.29, 1.82) is 0 Å². The molecule has 2 nitrogen and oxygen atoms in total. The molecule has 2 aromatic rings. The number of nitrogens with two attached hydrogens (primary N) is 1. The summed E-state index contributed by atoms with van der Waals surface area (Å²) < 4.78 is 0. The molecule has 1 aliphatic rings. The Balaban J connectivity index is 1.82. The number of aromatic nitrogens is 1. The predicted octanol–water partition coefficient (Wildman–Crippen LogP) is 3.44. The lowest BCUT2D eigenvalue weighted by atomic mass is 9.93. The van der Waals surface area contributed by atoms with Gasteiger partial charge >= 0.3 is 0 Å². The molecule has 0 saturated heterocycles. The first-order chi connectivity index (χ1) is 8.70. The van der Waals surface area contributed by atoms with Crippen LogP contribution in [0.5, 0.6) is 0 Å². The fourth-order valence-corrected chi connectivity index (χ4v) is 3.86. The summed E-state index contributed by atoms with van der Waals surface area (Å²) in [7, 11) is 0. The maximum atomic E-state index is 5.81. The molecule has 0 amide bonds. The predicted molar refractivity (Wildman–Crippen MR) is 77.0 cm³/mol. The Bertz CT molecular complexity index is 559. The Morgan fingerprint density at radius 2 is 2.33 bits per heavy atom. The largest absolute Gasteiger partial charge is 0.399 e. The summed E-state index contributed by atoms with van der Waals surface area (Å²) in [6, 6.07) is 8.11. The number of nitrogen functional groups attached to an aromatic ring is 1. The minimum absolute atomic E-state index is 0.818. The fourth-order valence-electron chi connectivity index (χ4n) is 2.55. The number of rotatable bonds is 2. The topological polar surface area (TPSA) is 38.9 Å². The SMILES string of the molecule is CC1CCc2nc(Cc3cccc(N)c3)sc2C1. The highest BCUT2D eigenvalue weighted by atomic mass is 32.1. The van der Waals surface area contributed by atoms with Gasteiger partial charge < -0.3 is 5.73 Å². The molecule has 0 fully saturated rings. The van der Waals surface area contributed by atoms with Gasteiger partial charge in [0.1, 0.15) is 0 Å². The summed E-state index contributed by atoms with van der Waals surface area (Å²) >= 11 is 1.89. The van der Waals surface area contributed by atoms with Crippen LogP contribution in [0.3, 0.4) is 0 Å². The van der Waals surface area contributed by atoms with Gasteiger partial charge in [0.25, 0.3) is 0 Å². The molecule has 0 aliphatic heterocycles. The van der Waals surface area contributed by atoms with Crippen molar-refractivity contribution < 1.29 is 0 Å². The quantitative estimate of drug-likeness (QED) is 0.838. The number of hydrogen-bond donors (Lipinski definition) is 1. The fraction of sp³-hybridized carbons (Fsp3) is 0.400. The van der Waals surface area contributed by atoms with Crippen LogP contribution in [0.2, 0.25) is 0 Å². The highest BCUT2D eigenvalue weighted by Gasteiger charge is 2.19. The first-order valence-electron chi connectivity index (χ1n) is 6.52. The van der Waals surface area contributed by atoms with Crippen molar-refractivity contribution in [2.45, 2.75) is 32.6 Å². The Hall–Kier alpha value is -1.35. The van der Waals surface area contributed by atoms with E-state index >= 15 is 0 Å². The molecular formula is C15H18N2S. The van der Waals surface area contributed by atoms with Crippen LogP contribution in [0.25, 0.3) is 0 Å². The molecule has 3 heteroatoms. The molecule has 1 unspecified atom stereocenters. The molecule has 0 saturated carbocycles. The third-order valence-corrected chi connectivity index (χ3v) is 4.66. The van der Waals surface area contributed by atoms with Crippen LogP contribution in [0.1, 0.15) is 34.5 Å². The van der Waals surface area contributed by atoms with Crippen molar-refractivity contribution >= 4 is 17.0 Å². The van der Waals surface area contributed by atoms with Crippen LogP contribution in [0.15, 0.2) is 24.3 Å². The minimum Gasteiger partial charge on any atom is -0.399 e. The summed E-state index contributed by atoms with van der Waals surface area (Å²) in [6.07, 6.45) is 4.57. The van der Waals surface area contributed by atoms with E-state index in [1.165, 1.54) is 34.0 Å². The highest BCUT2D eigenvalue weighted by Crippen LogP contribution is 2.30. The molecule has 3 rings (SSSR count). The standard InChI is InChI=1S/C15H18N2S/c1-10-5-6-13-14(7-10)18-15(17-13)9-11-3-2-4-12(16)8-11/h2-4,8,10H,5-7,9,16H2,1H3. The zero-order chi connectivity index (χ0) is 12.5. The monoisotopic (exact) mass is 258 g/mol. The molecule has 1 aromatic carbocycles. The van der Waals surface area contributed by atoms with Crippen LogP contribution in [0.4, 0.5) is 5.69 Å². The maximum Gasteiger partial charge on any atom is 0.0974 e. The van der Waals surface area contributed by atoms with E-state index in [1.54, 1.807) is 0 Å². The van der Waals surface area contributed by atoms with E-state index in [0.717, 1.165) is 24.4 Å². The van der Waals surface area contributed by atoms with E-state index in [0.29, 0.717) is 0 Å². The van der Waals surface area contributed by atoms with Gasteiger partial charge in [-0.25, -0.2) is 4.98 Å². The van der Waals surface area contributed by atoms with E-state index in [2.05, 4.69) is 13.0 Å². The van der Waals surface area contributed by atoms with Crippen LogP contribution < -0.4 is 5.73 Å². The smallest absolute Gasteiger partial charge is 0.0974 e. The van der Waals surface area contributed by atoms with Crippen molar-refractivity contribution in [2.24, 2.45) is 5.92 Å². The number of aryl methyl sites for hydroxylation is 1. The zero-order valence-electron chi connectivity index (χ0n) is 10.6. The minimum atomic E-state index is 0.818. The van der Waals surface area contributed by atoms with E-state index in [9.17, 15) is 0 Å². The van der Waals surface area contributed by atoms with Crippen molar-refractivity contribution in [1.82, 2.24) is 4.98 Å². The summed E-state index contributed by atoms with van der Waals surface area (Å²) in [5.74, 6) is 0.818. The molecule has 0 radical (unpaired) electrons. The first-order valence-corrected chi connectivity index (χ1v) is 7.34. The van der Waals surface area contributed by atoms with Crippen LogP contribution in [-0.4, -0.2) is 4.98 Å².